The maximum Gasteiger partial charge on any atom is 0.160 e. The SMILES string of the molecule is C=C/C=C(\C=C/C)c1nc(-c2ccc(-c3cccc(-n4cccc5ccccc5c(C)c(/C=C\C)c4C(=C)C)c3)cc2)nc2ccccc12. The van der Waals surface area contributed by atoms with E-state index in [0.29, 0.717) is 5.82 Å². The molecule has 6 rings (SSSR count). The van der Waals surface area contributed by atoms with Crippen molar-refractivity contribution in [1.82, 2.24) is 14.5 Å². The Morgan fingerprint density at radius 1 is 0.735 bits per heavy atom. The molecule has 0 aliphatic heterocycles. The second-order valence-corrected chi connectivity index (χ2v) is 12.0. The Kier molecular flexibility index (Phi) is 9.92. The zero-order valence-electron chi connectivity index (χ0n) is 28.7. The Hall–Kier alpha value is -6.06. The summed E-state index contributed by atoms with van der Waals surface area (Å²) in [4.78, 5) is 10.0. The summed E-state index contributed by atoms with van der Waals surface area (Å²) in [5.74, 6) is 0.687. The molecule has 0 atom stereocenters. The number of aryl methyl sites for hydroxylation is 1. The highest BCUT2D eigenvalue weighted by Gasteiger charge is 2.14. The first-order valence-electron chi connectivity index (χ1n) is 16.6. The van der Waals surface area contributed by atoms with Crippen molar-refractivity contribution in [2.75, 3.05) is 0 Å². The van der Waals surface area contributed by atoms with Crippen molar-refractivity contribution in [3.8, 4) is 28.2 Å². The van der Waals surface area contributed by atoms with Crippen LogP contribution in [0, 0.1) is 6.92 Å². The topological polar surface area (TPSA) is 30.7 Å². The Labute approximate surface area is 290 Å². The quantitative estimate of drug-likeness (QED) is 0.156. The molecule has 6 aromatic rings. The summed E-state index contributed by atoms with van der Waals surface area (Å²) >= 11 is 0. The molecule has 0 saturated carbocycles. The van der Waals surface area contributed by atoms with E-state index in [1.165, 1.54) is 16.3 Å². The van der Waals surface area contributed by atoms with Gasteiger partial charge in [0.1, 0.15) is 0 Å². The zero-order valence-corrected chi connectivity index (χ0v) is 28.7. The van der Waals surface area contributed by atoms with Crippen LogP contribution in [0.15, 0.2) is 159 Å². The van der Waals surface area contributed by atoms with Gasteiger partial charge in [0.15, 0.2) is 5.82 Å². The lowest BCUT2D eigenvalue weighted by molar-refractivity contribution is 1.02. The van der Waals surface area contributed by atoms with Gasteiger partial charge in [-0.2, -0.15) is 0 Å². The molecule has 0 N–H and O–H groups in total. The summed E-state index contributed by atoms with van der Waals surface area (Å²) in [7, 11) is 0. The fraction of sp³-hybridized carbons (Fsp3) is 0.0870. The number of para-hydroxylation sites is 1. The number of fused-ring (bicyclic) bond motifs is 2. The van der Waals surface area contributed by atoms with Gasteiger partial charge in [0.05, 0.1) is 16.9 Å². The Bertz CT molecular complexity index is 2350. The normalized spacial score (nSPS) is 11.8. The average molecular weight is 636 g/mol. The van der Waals surface area contributed by atoms with Crippen LogP contribution >= 0.6 is 0 Å². The molecule has 4 aromatic carbocycles. The van der Waals surface area contributed by atoms with Crippen molar-refractivity contribution in [1.29, 1.82) is 0 Å². The number of hydrogen-bond acceptors (Lipinski definition) is 2. The predicted molar refractivity (Wildman–Crippen MR) is 212 cm³/mol. The zero-order chi connectivity index (χ0) is 34.3. The van der Waals surface area contributed by atoms with Crippen molar-refractivity contribution in [3.63, 3.8) is 0 Å². The van der Waals surface area contributed by atoms with Crippen molar-refractivity contribution in [2.24, 2.45) is 0 Å². The number of aromatic nitrogens is 3. The largest absolute Gasteiger partial charge is 0.316 e. The lowest BCUT2D eigenvalue weighted by Crippen LogP contribution is -2.03. The van der Waals surface area contributed by atoms with Gasteiger partial charge in [-0.3, -0.25) is 0 Å². The Balaban J connectivity index is 1.47. The first-order valence-corrected chi connectivity index (χ1v) is 16.6. The molecule has 0 fully saturated rings. The third-order valence-electron chi connectivity index (χ3n) is 8.63. The highest BCUT2D eigenvalue weighted by atomic mass is 15.0. The van der Waals surface area contributed by atoms with Gasteiger partial charge in [0.2, 0.25) is 0 Å². The third-order valence-corrected chi connectivity index (χ3v) is 8.63. The van der Waals surface area contributed by atoms with Crippen LogP contribution in [0.4, 0.5) is 0 Å². The summed E-state index contributed by atoms with van der Waals surface area (Å²) in [6.45, 7) is 16.7. The van der Waals surface area contributed by atoms with Crippen molar-refractivity contribution in [3.05, 3.63) is 181 Å². The first-order chi connectivity index (χ1) is 23.9. The molecule has 0 bridgehead atoms. The number of hydrogen-bond donors (Lipinski definition) is 0. The van der Waals surface area contributed by atoms with E-state index in [2.05, 4.69) is 154 Å². The van der Waals surface area contributed by atoms with Crippen LogP contribution in [0.2, 0.25) is 0 Å². The van der Waals surface area contributed by atoms with E-state index in [9.17, 15) is 0 Å². The second kappa shape index (κ2) is 14.8. The van der Waals surface area contributed by atoms with Gasteiger partial charge in [-0.05, 0) is 85.0 Å². The Morgan fingerprint density at radius 2 is 1.45 bits per heavy atom. The van der Waals surface area contributed by atoms with Gasteiger partial charge in [-0.25, -0.2) is 9.97 Å². The fourth-order valence-electron chi connectivity index (χ4n) is 6.36. The van der Waals surface area contributed by atoms with Crippen molar-refractivity contribution < 1.29 is 0 Å². The molecule has 3 nitrogen and oxygen atoms in total. The average Bonchev–Trinajstić information content (AvgIpc) is 3.18. The van der Waals surface area contributed by atoms with Crippen molar-refractivity contribution in [2.45, 2.75) is 27.7 Å². The minimum absolute atomic E-state index is 0.687. The molecule has 3 heteroatoms. The smallest absolute Gasteiger partial charge is 0.160 e. The van der Waals surface area contributed by atoms with E-state index < -0.39 is 0 Å². The van der Waals surface area contributed by atoms with E-state index in [0.717, 1.165) is 61.4 Å². The van der Waals surface area contributed by atoms with Crippen LogP contribution in [-0.2, 0) is 0 Å². The molecule has 2 aromatic heterocycles. The molecule has 0 radical (unpaired) electrons. The molecule has 0 saturated heterocycles. The lowest BCUT2D eigenvalue weighted by atomic mass is 9.99. The van der Waals surface area contributed by atoms with E-state index in [-0.39, 0.29) is 0 Å². The van der Waals surface area contributed by atoms with Gasteiger partial charge in [-0.1, -0.05) is 135 Å². The third kappa shape index (κ3) is 6.83. The van der Waals surface area contributed by atoms with Crippen LogP contribution in [-0.4, -0.2) is 14.5 Å². The van der Waals surface area contributed by atoms with E-state index in [4.69, 9.17) is 9.97 Å². The molecule has 0 unspecified atom stereocenters. The standard InChI is InChI=1S/C46H41N3/c1-7-16-36(17-8-2)44-42-24-12-13-25-43(42)47-46(48-44)37-28-26-34(27-29-37)38-20-14-22-39(31-38)49-30-15-21-35-19-10-11-23-40(35)33(6)41(18-9-3)45(49)32(4)5/h7-31H,1,4H2,2-3,5-6H3/b17-8-,18-9-,30-15?,35-21?,36-16+,40-33?,45-41?. The summed E-state index contributed by atoms with van der Waals surface area (Å²) in [5.41, 5.74) is 11.4. The number of benzene rings is 4. The molecule has 49 heavy (non-hydrogen) atoms. The van der Waals surface area contributed by atoms with Crippen LogP contribution in [0.3, 0.4) is 0 Å². The molecular formula is C46H41N3. The summed E-state index contributed by atoms with van der Waals surface area (Å²) in [5, 5.41) is 3.41. The molecule has 0 aliphatic rings. The summed E-state index contributed by atoms with van der Waals surface area (Å²) in [6.07, 6.45) is 14.3. The monoisotopic (exact) mass is 635 g/mol. The highest BCUT2D eigenvalue weighted by molar-refractivity contribution is 5.94. The van der Waals surface area contributed by atoms with E-state index in [1.54, 1.807) is 6.08 Å². The second-order valence-electron chi connectivity index (χ2n) is 12.0. The van der Waals surface area contributed by atoms with Crippen LogP contribution in [0.25, 0.3) is 67.1 Å². The van der Waals surface area contributed by atoms with Gasteiger partial charge >= 0.3 is 0 Å². The summed E-state index contributed by atoms with van der Waals surface area (Å²) in [6, 6.07) is 38.2. The fourth-order valence-corrected chi connectivity index (χ4v) is 6.36. The van der Waals surface area contributed by atoms with Crippen molar-refractivity contribution >= 4 is 38.9 Å². The molecule has 240 valence electrons. The predicted octanol–water partition coefficient (Wildman–Crippen LogP) is 12.6. The number of allylic oxidation sites excluding steroid dienone is 7. The molecular weight excluding hydrogens is 595 g/mol. The van der Waals surface area contributed by atoms with Crippen LogP contribution in [0.1, 0.15) is 43.3 Å². The molecule has 0 amide bonds. The number of nitrogens with zero attached hydrogens (tertiary/aromatic N) is 3. The maximum atomic E-state index is 5.06. The van der Waals surface area contributed by atoms with E-state index >= 15 is 0 Å². The molecule has 0 aliphatic carbocycles. The highest BCUT2D eigenvalue weighted by Crippen LogP contribution is 2.32. The lowest BCUT2D eigenvalue weighted by Gasteiger charge is -2.17. The summed E-state index contributed by atoms with van der Waals surface area (Å²) < 4.78 is 2.25. The van der Waals surface area contributed by atoms with E-state index in [1.807, 2.05) is 37.3 Å². The Morgan fingerprint density at radius 3 is 2.18 bits per heavy atom. The van der Waals surface area contributed by atoms with Gasteiger partial charge in [0.25, 0.3) is 0 Å². The molecule has 2 heterocycles. The van der Waals surface area contributed by atoms with Gasteiger partial charge < -0.3 is 4.57 Å². The number of rotatable bonds is 8. The van der Waals surface area contributed by atoms with Gasteiger partial charge in [0, 0.05) is 34.0 Å². The first kappa shape index (κ1) is 32.9. The molecule has 0 spiro atoms. The minimum atomic E-state index is 0.687. The maximum absolute atomic E-state index is 5.06. The van der Waals surface area contributed by atoms with Gasteiger partial charge in [-0.15, -0.1) is 0 Å². The van der Waals surface area contributed by atoms with Crippen LogP contribution in [0.5, 0.6) is 0 Å². The minimum Gasteiger partial charge on any atom is -0.316 e. The van der Waals surface area contributed by atoms with Crippen LogP contribution < -0.4 is 0 Å².